The van der Waals surface area contributed by atoms with E-state index in [0.29, 0.717) is 11.4 Å². The van der Waals surface area contributed by atoms with Gasteiger partial charge >= 0.3 is 12.3 Å². The summed E-state index contributed by atoms with van der Waals surface area (Å²) in [6.45, 7) is 7.28. The van der Waals surface area contributed by atoms with Crippen molar-refractivity contribution in [2.75, 3.05) is 13.1 Å². The Balaban J connectivity index is 1.69. The highest BCUT2D eigenvalue weighted by Gasteiger charge is 2.66. The topological polar surface area (TPSA) is 54.5 Å². The second kappa shape index (κ2) is 10.9. The number of nitrogens with one attached hydrogen (secondary N) is 1. The molecule has 1 amide bonds. The number of nitrogens with zero attached hydrogens (tertiary/aromatic N) is 2. The standard InChI is InChI=1S/C29H33F4N3O2S/c1-20-10-11-21(18-34-20)26(2,3)36-17-16-28(19-36,15-14-23-12-13-24(30)39-23)27(4,29(31,32)33)35-25(37)38-22-8-6-5-7-9-22/h5-13,18H,14-17,19H2,1-4H3,(H,35,37). The Kier molecular flexibility index (Phi) is 8.10. The minimum atomic E-state index is -4.80. The number of amides is 1. The molecule has 1 N–H and O–H groups in total. The molecule has 0 aliphatic carbocycles. The Bertz CT molecular complexity index is 1280. The summed E-state index contributed by atoms with van der Waals surface area (Å²) in [4.78, 5) is 19.9. The van der Waals surface area contributed by atoms with E-state index >= 15 is 13.2 Å². The highest BCUT2D eigenvalue weighted by atomic mass is 32.1. The van der Waals surface area contributed by atoms with Crippen molar-refractivity contribution >= 4 is 17.4 Å². The summed E-state index contributed by atoms with van der Waals surface area (Å²) in [7, 11) is 0. The van der Waals surface area contributed by atoms with E-state index in [9.17, 15) is 9.18 Å². The third kappa shape index (κ3) is 5.96. The van der Waals surface area contributed by atoms with Crippen molar-refractivity contribution < 1.29 is 27.1 Å². The number of likely N-dealkylation sites (tertiary alicyclic amines) is 1. The molecule has 3 aromatic rings. The lowest BCUT2D eigenvalue weighted by atomic mass is 9.66. The van der Waals surface area contributed by atoms with Crippen molar-refractivity contribution in [1.82, 2.24) is 15.2 Å². The fraction of sp³-hybridized carbons (Fsp3) is 0.448. The number of rotatable bonds is 8. The average molecular weight is 564 g/mol. The fourth-order valence-electron chi connectivity index (χ4n) is 5.40. The van der Waals surface area contributed by atoms with Gasteiger partial charge in [0.05, 0.1) is 0 Å². The van der Waals surface area contributed by atoms with Crippen molar-refractivity contribution in [2.24, 2.45) is 5.41 Å². The van der Waals surface area contributed by atoms with E-state index in [2.05, 4.69) is 10.3 Å². The smallest absolute Gasteiger partial charge is 0.410 e. The normalized spacial score (nSPS) is 20.0. The van der Waals surface area contributed by atoms with Crippen molar-refractivity contribution in [3.05, 3.63) is 82.1 Å². The van der Waals surface area contributed by atoms with E-state index in [1.165, 1.54) is 18.2 Å². The molecule has 210 valence electrons. The molecular formula is C29H33F4N3O2S. The molecule has 2 aromatic heterocycles. The SMILES string of the molecule is Cc1ccc(C(C)(C)N2CCC(CCc3ccc(F)s3)(C(C)(NC(=O)Oc3ccccc3)C(F)(F)F)C2)cn1. The van der Waals surface area contributed by atoms with Crippen LogP contribution in [0.5, 0.6) is 5.75 Å². The van der Waals surface area contributed by atoms with Crippen molar-refractivity contribution in [1.29, 1.82) is 0 Å². The van der Waals surface area contributed by atoms with Crippen LogP contribution in [0, 0.1) is 17.5 Å². The van der Waals surface area contributed by atoms with Crippen LogP contribution in [0.15, 0.2) is 60.8 Å². The Labute approximate surface area is 230 Å². The van der Waals surface area contributed by atoms with Crippen LogP contribution in [0.2, 0.25) is 0 Å². The minimum absolute atomic E-state index is 0.0589. The predicted octanol–water partition coefficient (Wildman–Crippen LogP) is 7.26. The number of hydrogen-bond donors (Lipinski definition) is 1. The number of benzene rings is 1. The van der Waals surface area contributed by atoms with Gasteiger partial charge in [-0.05, 0) is 89.4 Å². The molecule has 3 heterocycles. The molecule has 5 nitrogen and oxygen atoms in total. The molecule has 39 heavy (non-hydrogen) atoms. The Morgan fingerprint density at radius 3 is 2.41 bits per heavy atom. The number of carbonyl (C=O) groups excluding carboxylic acids is 1. The highest BCUT2D eigenvalue weighted by molar-refractivity contribution is 7.10. The fourth-order valence-corrected chi connectivity index (χ4v) is 6.13. The van der Waals surface area contributed by atoms with Gasteiger partial charge in [-0.3, -0.25) is 9.88 Å². The number of aryl methyl sites for hydroxylation is 2. The summed E-state index contributed by atoms with van der Waals surface area (Å²) in [5.74, 6) is 0.142. The van der Waals surface area contributed by atoms with Gasteiger partial charge in [0.1, 0.15) is 11.3 Å². The number of alkyl halides is 3. The van der Waals surface area contributed by atoms with Crippen molar-refractivity contribution in [3.8, 4) is 5.75 Å². The van der Waals surface area contributed by atoms with Gasteiger partial charge in [0.15, 0.2) is 5.13 Å². The maximum Gasteiger partial charge on any atom is 0.413 e. The molecule has 1 fully saturated rings. The molecular weight excluding hydrogens is 530 g/mol. The van der Waals surface area contributed by atoms with Crippen LogP contribution in [0.4, 0.5) is 22.4 Å². The first-order valence-electron chi connectivity index (χ1n) is 12.8. The number of para-hydroxylation sites is 1. The third-order valence-electron chi connectivity index (χ3n) is 8.17. The Hall–Kier alpha value is -2.98. The van der Waals surface area contributed by atoms with Gasteiger partial charge in [0.2, 0.25) is 0 Å². The van der Waals surface area contributed by atoms with Gasteiger partial charge in [-0.2, -0.15) is 17.6 Å². The zero-order chi connectivity index (χ0) is 28.5. The quantitative estimate of drug-likeness (QED) is 0.293. The summed E-state index contributed by atoms with van der Waals surface area (Å²) in [6, 6.07) is 14.7. The van der Waals surface area contributed by atoms with Gasteiger partial charge in [0, 0.05) is 34.3 Å². The van der Waals surface area contributed by atoms with Crippen LogP contribution in [-0.2, 0) is 12.0 Å². The summed E-state index contributed by atoms with van der Waals surface area (Å²) in [5.41, 5.74) is -2.93. The van der Waals surface area contributed by atoms with Gasteiger partial charge in [-0.1, -0.05) is 24.3 Å². The Morgan fingerprint density at radius 1 is 1.10 bits per heavy atom. The second-order valence-corrected chi connectivity index (χ2v) is 12.0. The zero-order valence-corrected chi connectivity index (χ0v) is 23.3. The minimum Gasteiger partial charge on any atom is -0.410 e. The van der Waals surface area contributed by atoms with Crippen LogP contribution >= 0.6 is 11.3 Å². The van der Waals surface area contributed by atoms with Crippen LogP contribution in [0.3, 0.4) is 0 Å². The predicted molar refractivity (Wildman–Crippen MR) is 143 cm³/mol. The number of pyridine rings is 1. The Morgan fingerprint density at radius 2 is 1.82 bits per heavy atom. The summed E-state index contributed by atoms with van der Waals surface area (Å²) in [6.07, 6.45) is -3.71. The molecule has 10 heteroatoms. The lowest BCUT2D eigenvalue weighted by Crippen LogP contribution is -2.68. The zero-order valence-electron chi connectivity index (χ0n) is 22.4. The van der Waals surface area contributed by atoms with E-state index in [-0.39, 0.29) is 36.7 Å². The number of aromatic nitrogens is 1. The molecule has 1 aliphatic heterocycles. The first-order chi connectivity index (χ1) is 18.3. The molecule has 0 saturated carbocycles. The number of carbonyl (C=O) groups is 1. The molecule has 1 aromatic carbocycles. The molecule has 2 unspecified atom stereocenters. The number of ether oxygens (including phenoxy) is 1. The number of halogens is 4. The van der Waals surface area contributed by atoms with Crippen molar-refractivity contribution in [3.63, 3.8) is 0 Å². The highest BCUT2D eigenvalue weighted by Crippen LogP contribution is 2.53. The van der Waals surface area contributed by atoms with Crippen LogP contribution in [0.1, 0.15) is 49.7 Å². The van der Waals surface area contributed by atoms with Gasteiger partial charge in [-0.15, -0.1) is 11.3 Å². The molecule has 0 radical (unpaired) electrons. The summed E-state index contributed by atoms with van der Waals surface area (Å²) in [5, 5.41) is 1.84. The lowest BCUT2D eigenvalue weighted by Gasteiger charge is -2.48. The molecule has 1 aliphatic rings. The first kappa shape index (κ1) is 29.0. The van der Waals surface area contributed by atoms with E-state index in [4.69, 9.17) is 4.74 Å². The van der Waals surface area contributed by atoms with Crippen LogP contribution in [0.25, 0.3) is 0 Å². The molecule has 0 bridgehead atoms. The largest absolute Gasteiger partial charge is 0.413 e. The monoisotopic (exact) mass is 563 g/mol. The third-order valence-corrected chi connectivity index (χ3v) is 9.11. The van der Waals surface area contributed by atoms with E-state index < -0.39 is 28.8 Å². The molecule has 0 spiro atoms. The summed E-state index contributed by atoms with van der Waals surface area (Å²) < 4.78 is 64.1. The second-order valence-electron chi connectivity index (χ2n) is 10.9. The molecule has 4 rings (SSSR count). The summed E-state index contributed by atoms with van der Waals surface area (Å²) >= 11 is 0.926. The molecule has 2 atom stereocenters. The van der Waals surface area contributed by atoms with E-state index in [1.54, 1.807) is 30.5 Å². The van der Waals surface area contributed by atoms with E-state index in [0.717, 1.165) is 29.5 Å². The number of hydrogen-bond acceptors (Lipinski definition) is 5. The van der Waals surface area contributed by atoms with Crippen molar-refractivity contribution in [2.45, 2.75) is 64.2 Å². The average Bonchev–Trinajstić information content (AvgIpc) is 3.50. The number of thiophene rings is 1. The maximum atomic E-state index is 15.1. The van der Waals surface area contributed by atoms with Gasteiger partial charge < -0.3 is 10.1 Å². The molecule has 1 saturated heterocycles. The van der Waals surface area contributed by atoms with E-state index in [1.807, 2.05) is 37.8 Å². The van der Waals surface area contributed by atoms with Crippen LogP contribution in [-0.4, -0.2) is 40.8 Å². The van der Waals surface area contributed by atoms with Gasteiger partial charge in [-0.25, -0.2) is 4.79 Å². The van der Waals surface area contributed by atoms with Crippen LogP contribution < -0.4 is 10.1 Å². The van der Waals surface area contributed by atoms with Gasteiger partial charge in [0.25, 0.3) is 0 Å². The maximum absolute atomic E-state index is 15.1. The first-order valence-corrected chi connectivity index (χ1v) is 13.6. The lowest BCUT2D eigenvalue weighted by molar-refractivity contribution is -0.224.